The molecule has 1 aliphatic rings. The summed E-state index contributed by atoms with van der Waals surface area (Å²) in [7, 11) is 0. The van der Waals surface area contributed by atoms with Crippen LogP contribution in [0.5, 0.6) is 0 Å². The van der Waals surface area contributed by atoms with E-state index in [0.29, 0.717) is 18.1 Å². The predicted molar refractivity (Wildman–Crippen MR) is 103 cm³/mol. The maximum absolute atomic E-state index is 11.0. The van der Waals surface area contributed by atoms with Crippen LogP contribution in [0.25, 0.3) is 11.4 Å². The van der Waals surface area contributed by atoms with Crippen molar-refractivity contribution in [3.63, 3.8) is 0 Å². The van der Waals surface area contributed by atoms with Gasteiger partial charge in [0.15, 0.2) is 5.82 Å². The molecule has 1 aliphatic heterocycles. The minimum absolute atomic E-state index is 0.0580. The Morgan fingerprint density at radius 2 is 2.00 bits per heavy atom. The van der Waals surface area contributed by atoms with Crippen LogP contribution in [0.2, 0.25) is 5.02 Å². The molecule has 0 bridgehead atoms. The molecule has 0 saturated heterocycles. The molecule has 1 aromatic heterocycles. The average Bonchev–Trinajstić information content (AvgIpc) is 2.69. The zero-order valence-corrected chi connectivity index (χ0v) is 15.3. The van der Waals surface area contributed by atoms with Crippen molar-refractivity contribution in [2.45, 2.75) is 19.5 Å². The van der Waals surface area contributed by atoms with Crippen molar-refractivity contribution in [3.05, 3.63) is 86.7 Å². The van der Waals surface area contributed by atoms with Gasteiger partial charge in [-0.05, 0) is 11.6 Å². The Kier molecular flexibility index (Phi) is 4.83. The first-order chi connectivity index (χ1) is 13.1. The molecule has 0 saturated carbocycles. The summed E-state index contributed by atoms with van der Waals surface area (Å²) in [5.41, 5.74) is 3.97. The van der Waals surface area contributed by atoms with E-state index in [2.05, 4.69) is 9.88 Å². The Balaban J connectivity index is 1.52. The van der Waals surface area contributed by atoms with E-state index in [9.17, 15) is 10.1 Å². The summed E-state index contributed by atoms with van der Waals surface area (Å²) in [6.07, 6.45) is 2.69. The highest BCUT2D eigenvalue weighted by molar-refractivity contribution is 6.31. The fourth-order valence-electron chi connectivity index (χ4n) is 3.27. The molecular formula is C20H17ClN4O2. The van der Waals surface area contributed by atoms with E-state index in [0.717, 1.165) is 41.2 Å². The molecule has 0 radical (unpaired) electrons. The second-order valence-corrected chi connectivity index (χ2v) is 6.93. The Bertz CT molecular complexity index is 995. The van der Waals surface area contributed by atoms with Gasteiger partial charge in [-0.1, -0.05) is 41.9 Å². The standard InChI is InChI=1S/C20H17ClN4O2/c21-18-7-6-17(25(26)27)10-15(18)12-24-9-8-19-16(13-24)11-22-20(23-19)14-4-2-1-3-5-14/h1-7,10-11H,8-9,12-13H2. The first-order valence-corrected chi connectivity index (χ1v) is 9.03. The summed E-state index contributed by atoms with van der Waals surface area (Å²) in [6.45, 7) is 2.07. The van der Waals surface area contributed by atoms with Crippen molar-refractivity contribution < 1.29 is 4.92 Å². The highest BCUT2D eigenvalue weighted by atomic mass is 35.5. The third-order valence-corrected chi connectivity index (χ3v) is 5.05. The largest absolute Gasteiger partial charge is 0.294 e. The topological polar surface area (TPSA) is 72.2 Å². The van der Waals surface area contributed by atoms with Crippen molar-refractivity contribution >= 4 is 17.3 Å². The second kappa shape index (κ2) is 7.42. The van der Waals surface area contributed by atoms with Crippen molar-refractivity contribution in [1.29, 1.82) is 0 Å². The molecule has 2 heterocycles. The summed E-state index contributed by atoms with van der Waals surface area (Å²) in [5.74, 6) is 0.740. The number of nitro groups is 1. The van der Waals surface area contributed by atoms with Crippen LogP contribution >= 0.6 is 11.6 Å². The lowest BCUT2D eigenvalue weighted by atomic mass is 10.1. The van der Waals surface area contributed by atoms with Crippen LogP contribution in [0.15, 0.2) is 54.7 Å². The van der Waals surface area contributed by atoms with Gasteiger partial charge < -0.3 is 0 Å². The number of hydrogen-bond donors (Lipinski definition) is 0. The minimum Gasteiger partial charge on any atom is -0.294 e. The van der Waals surface area contributed by atoms with E-state index in [1.54, 1.807) is 12.1 Å². The predicted octanol–water partition coefficient (Wildman–Crippen LogP) is 4.26. The van der Waals surface area contributed by atoms with Gasteiger partial charge in [0.25, 0.3) is 5.69 Å². The monoisotopic (exact) mass is 380 g/mol. The third kappa shape index (κ3) is 3.82. The summed E-state index contributed by atoms with van der Waals surface area (Å²) in [4.78, 5) is 22.0. The smallest absolute Gasteiger partial charge is 0.269 e. The number of rotatable bonds is 4. The minimum atomic E-state index is -0.399. The molecule has 0 aliphatic carbocycles. The zero-order chi connectivity index (χ0) is 18.8. The van der Waals surface area contributed by atoms with Gasteiger partial charge in [0.2, 0.25) is 0 Å². The highest BCUT2D eigenvalue weighted by Crippen LogP contribution is 2.26. The van der Waals surface area contributed by atoms with E-state index in [1.807, 2.05) is 36.5 Å². The summed E-state index contributed by atoms with van der Waals surface area (Å²) in [5, 5.41) is 11.5. The van der Waals surface area contributed by atoms with Crippen LogP contribution in [0.4, 0.5) is 5.69 Å². The van der Waals surface area contributed by atoms with Crippen LogP contribution in [-0.4, -0.2) is 26.3 Å². The summed E-state index contributed by atoms with van der Waals surface area (Å²) in [6, 6.07) is 14.5. The van der Waals surface area contributed by atoms with Crippen LogP contribution in [0.3, 0.4) is 0 Å². The lowest BCUT2D eigenvalue weighted by molar-refractivity contribution is -0.384. The summed E-state index contributed by atoms with van der Waals surface area (Å²) < 4.78 is 0. The van der Waals surface area contributed by atoms with Gasteiger partial charge in [-0.15, -0.1) is 0 Å². The first kappa shape index (κ1) is 17.6. The molecule has 4 rings (SSSR count). The fourth-order valence-corrected chi connectivity index (χ4v) is 3.45. The number of fused-ring (bicyclic) bond motifs is 1. The van der Waals surface area contributed by atoms with E-state index < -0.39 is 4.92 Å². The van der Waals surface area contributed by atoms with Crippen LogP contribution in [-0.2, 0) is 19.5 Å². The van der Waals surface area contributed by atoms with Gasteiger partial charge in [0.05, 0.1) is 10.6 Å². The van der Waals surface area contributed by atoms with E-state index >= 15 is 0 Å². The molecule has 0 N–H and O–H groups in total. The third-order valence-electron chi connectivity index (χ3n) is 4.68. The van der Waals surface area contributed by atoms with Gasteiger partial charge in [-0.2, -0.15) is 0 Å². The molecule has 136 valence electrons. The lowest BCUT2D eigenvalue weighted by Crippen LogP contribution is -2.31. The van der Waals surface area contributed by atoms with Gasteiger partial charge in [-0.3, -0.25) is 15.0 Å². The molecule has 6 nitrogen and oxygen atoms in total. The van der Waals surface area contributed by atoms with E-state index in [-0.39, 0.29) is 5.69 Å². The number of halogens is 1. The maximum Gasteiger partial charge on any atom is 0.269 e. The quantitative estimate of drug-likeness (QED) is 0.499. The normalized spacial score (nSPS) is 14.0. The molecule has 0 unspecified atom stereocenters. The van der Waals surface area contributed by atoms with Crippen LogP contribution < -0.4 is 0 Å². The van der Waals surface area contributed by atoms with Gasteiger partial charge >= 0.3 is 0 Å². The Morgan fingerprint density at radius 1 is 1.19 bits per heavy atom. The number of benzene rings is 2. The van der Waals surface area contributed by atoms with Crippen LogP contribution in [0, 0.1) is 10.1 Å². The van der Waals surface area contributed by atoms with Crippen LogP contribution in [0.1, 0.15) is 16.8 Å². The number of nitrogens with zero attached hydrogens (tertiary/aromatic N) is 4. The van der Waals surface area contributed by atoms with Crippen molar-refractivity contribution in [2.75, 3.05) is 6.54 Å². The fraction of sp³-hybridized carbons (Fsp3) is 0.200. The molecule has 7 heteroatoms. The number of aromatic nitrogens is 2. The second-order valence-electron chi connectivity index (χ2n) is 6.53. The SMILES string of the molecule is O=[N+]([O-])c1ccc(Cl)c(CN2CCc3nc(-c4ccccc4)ncc3C2)c1. The highest BCUT2D eigenvalue weighted by Gasteiger charge is 2.20. The molecule has 3 aromatic rings. The molecular weight excluding hydrogens is 364 g/mol. The number of non-ortho nitro benzene ring substituents is 1. The number of nitro benzene ring substituents is 1. The molecule has 0 spiro atoms. The average molecular weight is 381 g/mol. The van der Waals surface area contributed by atoms with Gasteiger partial charge in [0, 0.05) is 60.5 Å². The summed E-state index contributed by atoms with van der Waals surface area (Å²) >= 11 is 6.24. The van der Waals surface area contributed by atoms with Crippen molar-refractivity contribution in [3.8, 4) is 11.4 Å². The van der Waals surface area contributed by atoms with Gasteiger partial charge in [0.1, 0.15) is 0 Å². The number of hydrogen-bond acceptors (Lipinski definition) is 5. The zero-order valence-electron chi connectivity index (χ0n) is 14.5. The first-order valence-electron chi connectivity index (χ1n) is 8.65. The Morgan fingerprint density at radius 3 is 2.78 bits per heavy atom. The molecule has 0 amide bonds. The Hall–Kier alpha value is -2.83. The van der Waals surface area contributed by atoms with Gasteiger partial charge in [-0.25, -0.2) is 9.97 Å². The molecule has 0 fully saturated rings. The lowest BCUT2D eigenvalue weighted by Gasteiger charge is -2.28. The maximum atomic E-state index is 11.0. The van der Waals surface area contributed by atoms with Crippen molar-refractivity contribution in [1.82, 2.24) is 14.9 Å². The molecule has 2 aromatic carbocycles. The van der Waals surface area contributed by atoms with E-state index in [4.69, 9.17) is 16.6 Å². The Labute approximate surface area is 161 Å². The molecule has 27 heavy (non-hydrogen) atoms. The van der Waals surface area contributed by atoms with Crippen molar-refractivity contribution in [2.24, 2.45) is 0 Å². The molecule has 0 atom stereocenters. The van der Waals surface area contributed by atoms with E-state index in [1.165, 1.54) is 6.07 Å².